The number of likely N-dealkylation sites (N-methyl/N-ethyl adjacent to an activating group) is 1. The first-order valence-corrected chi connectivity index (χ1v) is 7.38. The number of alkyl carbamates (subject to hydrolysis) is 1. The molecule has 0 aromatic heterocycles. The highest BCUT2D eigenvalue weighted by Crippen LogP contribution is 2.17. The largest absolute Gasteiger partial charge is 0.471 e. The first kappa shape index (κ1) is 22.4. The maximum absolute atomic E-state index is 12.1. The molecule has 2 amide bonds. The van der Waals surface area contributed by atoms with Crippen molar-refractivity contribution in [3.63, 3.8) is 0 Å². The van der Waals surface area contributed by atoms with Crippen LogP contribution >= 0.6 is 0 Å². The standard InChI is InChI=1S/C14H25F3N2O5/c1-13(2,3)24-12(21)18-5-7-22-9-10-23-8-6-19(4)11(20)14(15,16)17/h5-10H2,1-4H3,(H,18,21). The summed E-state index contributed by atoms with van der Waals surface area (Å²) in [7, 11) is 1.05. The van der Waals surface area contributed by atoms with Crippen LogP contribution in [0, 0.1) is 0 Å². The number of halogens is 3. The number of amides is 2. The van der Waals surface area contributed by atoms with Crippen molar-refractivity contribution >= 4 is 12.0 Å². The van der Waals surface area contributed by atoms with Crippen molar-refractivity contribution in [1.82, 2.24) is 10.2 Å². The molecule has 10 heteroatoms. The molecule has 0 spiro atoms. The highest BCUT2D eigenvalue weighted by Gasteiger charge is 2.40. The van der Waals surface area contributed by atoms with E-state index in [9.17, 15) is 22.8 Å². The third-order valence-electron chi connectivity index (χ3n) is 2.45. The highest BCUT2D eigenvalue weighted by molar-refractivity contribution is 5.81. The quantitative estimate of drug-likeness (QED) is 0.633. The molecule has 0 aromatic carbocycles. The Hall–Kier alpha value is -1.55. The molecule has 0 heterocycles. The average molecular weight is 358 g/mol. The first-order valence-electron chi connectivity index (χ1n) is 7.38. The Morgan fingerprint density at radius 2 is 1.54 bits per heavy atom. The van der Waals surface area contributed by atoms with Crippen LogP contribution in [0.2, 0.25) is 0 Å². The van der Waals surface area contributed by atoms with Crippen LogP contribution in [0.15, 0.2) is 0 Å². The van der Waals surface area contributed by atoms with E-state index in [4.69, 9.17) is 14.2 Å². The van der Waals surface area contributed by atoms with Crippen LogP contribution in [0.1, 0.15) is 20.8 Å². The van der Waals surface area contributed by atoms with Gasteiger partial charge in [-0.2, -0.15) is 13.2 Å². The molecule has 0 saturated heterocycles. The second kappa shape index (κ2) is 10.3. The maximum Gasteiger partial charge on any atom is 0.471 e. The highest BCUT2D eigenvalue weighted by atomic mass is 19.4. The van der Waals surface area contributed by atoms with Gasteiger partial charge in [0, 0.05) is 20.1 Å². The van der Waals surface area contributed by atoms with Gasteiger partial charge in [-0.3, -0.25) is 4.79 Å². The number of carbonyl (C=O) groups excluding carboxylic acids is 2. The summed E-state index contributed by atoms with van der Waals surface area (Å²) < 4.78 is 51.6. The second-order valence-corrected chi connectivity index (χ2v) is 5.88. The lowest BCUT2D eigenvalue weighted by molar-refractivity contribution is -0.184. The van der Waals surface area contributed by atoms with Crippen LogP contribution in [0.25, 0.3) is 0 Å². The van der Waals surface area contributed by atoms with E-state index in [0.717, 1.165) is 7.05 Å². The molecule has 142 valence electrons. The van der Waals surface area contributed by atoms with Crippen molar-refractivity contribution in [1.29, 1.82) is 0 Å². The predicted molar refractivity (Wildman–Crippen MR) is 79.6 cm³/mol. The van der Waals surface area contributed by atoms with Crippen molar-refractivity contribution in [3.8, 4) is 0 Å². The van der Waals surface area contributed by atoms with Crippen LogP contribution in [0.4, 0.5) is 18.0 Å². The zero-order valence-electron chi connectivity index (χ0n) is 14.4. The minimum Gasteiger partial charge on any atom is -0.444 e. The molecule has 7 nitrogen and oxygen atoms in total. The summed E-state index contributed by atoms with van der Waals surface area (Å²) in [5, 5.41) is 2.51. The Labute approximate surface area is 139 Å². The molecule has 0 aromatic rings. The summed E-state index contributed by atoms with van der Waals surface area (Å²) in [6, 6.07) is 0. The molecule has 0 rings (SSSR count). The molecule has 0 aliphatic rings. The third-order valence-corrected chi connectivity index (χ3v) is 2.45. The predicted octanol–water partition coefficient (Wildman–Crippen LogP) is 1.56. The van der Waals surface area contributed by atoms with E-state index < -0.39 is 23.8 Å². The van der Waals surface area contributed by atoms with E-state index in [1.54, 1.807) is 20.8 Å². The lowest BCUT2D eigenvalue weighted by Gasteiger charge is -2.19. The number of alkyl halides is 3. The summed E-state index contributed by atoms with van der Waals surface area (Å²) in [6.07, 6.45) is -5.42. The number of nitrogens with one attached hydrogen (secondary N) is 1. The summed E-state index contributed by atoms with van der Waals surface area (Å²) in [6.45, 7) is 5.94. The van der Waals surface area contributed by atoms with Gasteiger partial charge in [-0.05, 0) is 20.8 Å². The number of nitrogens with zero attached hydrogens (tertiary/aromatic N) is 1. The third kappa shape index (κ3) is 11.9. The smallest absolute Gasteiger partial charge is 0.444 e. The Kier molecular flexibility index (Phi) is 9.67. The Morgan fingerprint density at radius 1 is 1.00 bits per heavy atom. The minimum atomic E-state index is -4.88. The van der Waals surface area contributed by atoms with Crippen LogP contribution < -0.4 is 5.32 Å². The molecule has 24 heavy (non-hydrogen) atoms. The average Bonchev–Trinajstić information content (AvgIpc) is 2.41. The van der Waals surface area contributed by atoms with Crippen LogP contribution in [0.3, 0.4) is 0 Å². The Balaban J connectivity index is 3.52. The summed E-state index contributed by atoms with van der Waals surface area (Å²) >= 11 is 0. The van der Waals surface area contributed by atoms with E-state index in [0.29, 0.717) is 4.90 Å². The molecule has 1 N–H and O–H groups in total. The van der Waals surface area contributed by atoms with Crippen molar-refractivity contribution < 1.29 is 37.0 Å². The monoisotopic (exact) mass is 358 g/mol. The summed E-state index contributed by atoms with van der Waals surface area (Å²) in [5.74, 6) is -1.91. The SMILES string of the molecule is CN(CCOCCOCCNC(=O)OC(C)(C)C)C(=O)C(F)(F)F. The van der Waals surface area contributed by atoms with Crippen molar-refractivity contribution in [2.45, 2.75) is 32.5 Å². The van der Waals surface area contributed by atoms with E-state index in [-0.39, 0.29) is 39.5 Å². The van der Waals surface area contributed by atoms with Gasteiger partial charge in [-0.25, -0.2) is 4.79 Å². The van der Waals surface area contributed by atoms with E-state index in [1.807, 2.05) is 0 Å². The van der Waals surface area contributed by atoms with Gasteiger partial charge in [0.05, 0.1) is 26.4 Å². The number of hydrogen-bond acceptors (Lipinski definition) is 5. The topological polar surface area (TPSA) is 77.1 Å². The number of ether oxygens (including phenoxy) is 3. The van der Waals surface area contributed by atoms with Crippen molar-refractivity contribution in [2.75, 3.05) is 46.6 Å². The van der Waals surface area contributed by atoms with Crippen LogP contribution in [-0.2, 0) is 19.0 Å². The molecular weight excluding hydrogens is 333 g/mol. The van der Waals surface area contributed by atoms with E-state index >= 15 is 0 Å². The second-order valence-electron chi connectivity index (χ2n) is 5.88. The van der Waals surface area contributed by atoms with Gasteiger partial charge in [-0.1, -0.05) is 0 Å². The fraction of sp³-hybridized carbons (Fsp3) is 0.857. The summed E-state index contributed by atoms with van der Waals surface area (Å²) in [4.78, 5) is 22.7. The molecule has 0 unspecified atom stereocenters. The van der Waals surface area contributed by atoms with Gasteiger partial charge < -0.3 is 24.4 Å². The fourth-order valence-electron chi connectivity index (χ4n) is 1.38. The van der Waals surface area contributed by atoms with Gasteiger partial charge in [0.25, 0.3) is 0 Å². The first-order chi connectivity index (χ1) is 10.9. The lowest BCUT2D eigenvalue weighted by atomic mass is 10.2. The lowest BCUT2D eigenvalue weighted by Crippen LogP contribution is -2.40. The van der Waals surface area contributed by atoms with Gasteiger partial charge in [0.1, 0.15) is 5.60 Å². The fourth-order valence-corrected chi connectivity index (χ4v) is 1.38. The van der Waals surface area contributed by atoms with Gasteiger partial charge in [-0.15, -0.1) is 0 Å². The van der Waals surface area contributed by atoms with E-state index in [1.165, 1.54) is 0 Å². The molecule has 0 aliphatic carbocycles. The molecule has 0 saturated carbocycles. The van der Waals surface area contributed by atoms with Crippen LogP contribution in [0.5, 0.6) is 0 Å². The van der Waals surface area contributed by atoms with Crippen molar-refractivity contribution in [3.05, 3.63) is 0 Å². The molecule has 0 radical (unpaired) electrons. The Bertz CT molecular complexity index is 397. The number of hydrogen-bond donors (Lipinski definition) is 1. The number of rotatable bonds is 9. The van der Waals surface area contributed by atoms with Gasteiger partial charge in [0.2, 0.25) is 0 Å². The molecule has 0 fully saturated rings. The normalized spacial score (nSPS) is 12.0. The Morgan fingerprint density at radius 3 is 2.04 bits per heavy atom. The zero-order chi connectivity index (χ0) is 18.8. The molecular formula is C14H25F3N2O5. The zero-order valence-corrected chi connectivity index (χ0v) is 14.4. The molecule has 0 bridgehead atoms. The maximum atomic E-state index is 12.1. The van der Waals surface area contributed by atoms with E-state index in [2.05, 4.69) is 5.32 Å². The minimum absolute atomic E-state index is 0.0299. The van der Waals surface area contributed by atoms with Gasteiger partial charge in [0.15, 0.2) is 0 Å². The molecule has 0 aliphatic heterocycles. The van der Waals surface area contributed by atoms with Crippen molar-refractivity contribution in [2.24, 2.45) is 0 Å². The summed E-state index contributed by atoms with van der Waals surface area (Å²) in [5.41, 5.74) is -0.570. The molecule has 0 atom stereocenters. The van der Waals surface area contributed by atoms with Crippen LogP contribution in [-0.4, -0.2) is 75.2 Å². The number of carbonyl (C=O) groups is 2. The van der Waals surface area contributed by atoms with Gasteiger partial charge >= 0.3 is 18.2 Å².